The van der Waals surface area contributed by atoms with Crippen LogP contribution in [0.1, 0.15) is 45.4 Å². The van der Waals surface area contributed by atoms with Gasteiger partial charge in [-0.3, -0.25) is 0 Å². The van der Waals surface area contributed by atoms with E-state index in [1.54, 1.807) is 9.80 Å². The Bertz CT molecular complexity index is 562. The predicted octanol–water partition coefficient (Wildman–Crippen LogP) is 0.477. The molecule has 0 saturated heterocycles. The van der Waals surface area contributed by atoms with Crippen LogP contribution in [0.15, 0.2) is 0 Å². The number of unbranched alkanes of at least 4 members (excludes halogenated alkanes) is 2. The van der Waals surface area contributed by atoms with E-state index < -0.39 is 0 Å². The Morgan fingerprint density at radius 1 is 0.579 bits per heavy atom. The Hall–Kier alpha value is -1.74. The van der Waals surface area contributed by atoms with E-state index in [4.69, 9.17) is 46.6 Å². The van der Waals surface area contributed by atoms with Crippen LogP contribution in [-0.2, 0) is 23.7 Å². The zero-order chi connectivity index (χ0) is 28.3. The number of nitrogens with zero attached hydrogens (tertiary/aromatic N) is 2. The number of nitrogens with two attached hydrogens (primary N) is 4. The third-order valence-electron chi connectivity index (χ3n) is 5.43. The first kappa shape index (κ1) is 36.3. The number of carbonyl (C=O) groups is 2. The zero-order valence-corrected chi connectivity index (χ0v) is 23.5. The van der Waals surface area contributed by atoms with Crippen LogP contribution < -0.4 is 22.9 Å². The van der Waals surface area contributed by atoms with Crippen molar-refractivity contribution >= 4 is 12.2 Å². The van der Waals surface area contributed by atoms with E-state index in [-0.39, 0.29) is 44.7 Å². The van der Waals surface area contributed by atoms with Gasteiger partial charge in [0.15, 0.2) is 0 Å². The lowest BCUT2D eigenvalue weighted by atomic mass is 10.3. The van der Waals surface area contributed by atoms with Gasteiger partial charge in [0.05, 0.1) is 39.1 Å². The third kappa shape index (κ3) is 21.2. The summed E-state index contributed by atoms with van der Waals surface area (Å²) < 4.78 is 27.2. The summed E-state index contributed by atoms with van der Waals surface area (Å²) in [4.78, 5) is 27.8. The van der Waals surface area contributed by atoms with Gasteiger partial charge in [-0.25, -0.2) is 9.59 Å². The Morgan fingerprint density at radius 3 is 1.50 bits per heavy atom. The van der Waals surface area contributed by atoms with E-state index in [9.17, 15) is 9.59 Å². The van der Waals surface area contributed by atoms with Crippen molar-refractivity contribution in [2.75, 3.05) is 98.6 Å². The van der Waals surface area contributed by atoms with Crippen LogP contribution in [0.25, 0.3) is 0 Å². The molecule has 0 aromatic rings. The highest BCUT2D eigenvalue weighted by molar-refractivity contribution is 5.67. The summed E-state index contributed by atoms with van der Waals surface area (Å²) in [7, 11) is 0. The fourth-order valence-corrected chi connectivity index (χ4v) is 3.31. The van der Waals surface area contributed by atoms with E-state index >= 15 is 0 Å². The first-order valence-electron chi connectivity index (χ1n) is 13.9. The van der Waals surface area contributed by atoms with Crippen molar-refractivity contribution in [3.8, 4) is 0 Å². The van der Waals surface area contributed by atoms with Crippen molar-refractivity contribution in [1.82, 2.24) is 9.80 Å². The molecule has 38 heavy (non-hydrogen) atoms. The monoisotopic (exact) mass is 550 g/mol. The molecule has 0 saturated carbocycles. The second kappa shape index (κ2) is 26.9. The highest BCUT2D eigenvalue weighted by Gasteiger charge is 2.15. The Labute approximate surface area is 228 Å². The third-order valence-corrected chi connectivity index (χ3v) is 5.43. The minimum Gasteiger partial charge on any atom is -0.447 e. The maximum atomic E-state index is 12.3. The van der Waals surface area contributed by atoms with Gasteiger partial charge < -0.3 is 56.4 Å². The maximum Gasteiger partial charge on any atom is 0.409 e. The molecule has 0 heterocycles. The first-order valence-corrected chi connectivity index (χ1v) is 13.9. The molecule has 0 aromatic carbocycles. The Balaban J connectivity index is 3.85. The molecule has 0 rings (SSSR count). The molecular formula is C25H54N6O7. The van der Waals surface area contributed by atoms with Crippen LogP contribution >= 0.6 is 0 Å². The van der Waals surface area contributed by atoms with Crippen molar-refractivity contribution in [2.24, 2.45) is 22.9 Å². The van der Waals surface area contributed by atoms with Gasteiger partial charge in [0.1, 0.15) is 13.2 Å². The summed E-state index contributed by atoms with van der Waals surface area (Å²) in [5.41, 5.74) is 22.1. The summed E-state index contributed by atoms with van der Waals surface area (Å²) in [6.45, 7) is 8.50. The van der Waals surface area contributed by atoms with Gasteiger partial charge in [0, 0.05) is 26.2 Å². The Morgan fingerprint density at radius 2 is 1.00 bits per heavy atom. The smallest absolute Gasteiger partial charge is 0.409 e. The van der Waals surface area contributed by atoms with Crippen LogP contribution in [0.3, 0.4) is 0 Å². The molecule has 226 valence electrons. The lowest BCUT2D eigenvalue weighted by molar-refractivity contribution is -0.0374. The van der Waals surface area contributed by atoms with Crippen LogP contribution in [0.5, 0.6) is 0 Å². The molecule has 0 fully saturated rings. The molecule has 1 unspecified atom stereocenters. The fourth-order valence-electron chi connectivity index (χ4n) is 3.31. The average molecular weight is 551 g/mol. The first-order chi connectivity index (χ1) is 18.5. The number of carbonyl (C=O) groups excluding carboxylic acids is 2. The van der Waals surface area contributed by atoms with E-state index in [0.717, 1.165) is 38.5 Å². The van der Waals surface area contributed by atoms with Crippen molar-refractivity contribution in [3.05, 3.63) is 0 Å². The van der Waals surface area contributed by atoms with Gasteiger partial charge >= 0.3 is 12.2 Å². The van der Waals surface area contributed by atoms with Crippen molar-refractivity contribution in [3.63, 3.8) is 0 Å². The molecule has 1 atom stereocenters. The minimum atomic E-state index is -0.360. The highest BCUT2D eigenvalue weighted by Crippen LogP contribution is 2.02. The van der Waals surface area contributed by atoms with Crippen LogP contribution in [-0.4, -0.2) is 127 Å². The molecule has 13 nitrogen and oxygen atoms in total. The molecule has 0 aliphatic heterocycles. The number of rotatable bonds is 26. The normalized spacial score (nSPS) is 11.8. The largest absolute Gasteiger partial charge is 0.447 e. The molecule has 13 heteroatoms. The predicted molar refractivity (Wildman–Crippen MR) is 147 cm³/mol. The quantitative estimate of drug-likeness (QED) is 0.110. The van der Waals surface area contributed by atoms with Crippen LogP contribution in [0.2, 0.25) is 0 Å². The van der Waals surface area contributed by atoms with Crippen LogP contribution in [0, 0.1) is 0 Å². The SMILES string of the molecule is CC(COCCOCCOC(=O)N(CCCN)CCCCN)OCCOC(=O)N(CCCN)CCCCN. The van der Waals surface area contributed by atoms with E-state index in [0.29, 0.717) is 72.2 Å². The van der Waals surface area contributed by atoms with Gasteiger partial charge in [0.2, 0.25) is 0 Å². The van der Waals surface area contributed by atoms with E-state index in [2.05, 4.69) is 0 Å². The second-order valence-corrected chi connectivity index (χ2v) is 8.85. The highest BCUT2D eigenvalue weighted by atomic mass is 16.6. The Kier molecular flexibility index (Phi) is 25.6. The molecule has 0 aliphatic carbocycles. The number of hydrogen-bond donors (Lipinski definition) is 4. The lowest BCUT2D eigenvalue weighted by Gasteiger charge is -2.22. The molecule has 0 aliphatic rings. The molecule has 0 radical (unpaired) electrons. The van der Waals surface area contributed by atoms with Gasteiger partial charge in [-0.1, -0.05) is 0 Å². The molecular weight excluding hydrogens is 496 g/mol. The van der Waals surface area contributed by atoms with Gasteiger partial charge in [-0.05, 0) is 71.6 Å². The average Bonchev–Trinajstić information content (AvgIpc) is 2.91. The topological polar surface area (TPSA) is 191 Å². The van der Waals surface area contributed by atoms with Crippen molar-refractivity contribution in [1.29, 1.82) is 0 Å². The van der Waals surface area contributed by atoms with Crippen LogP contribution in [0.4, 0.5) is 9.59 Å². The van der Waals surface area contributed by atoms with Crippen molar-refractivity contribution < 1.29 is 33.3 Å². The van der Waals surface area contributed by atoms with Gasteiger partial charge in [0.25, 0.3) is 0 Å². The summed E-state index contributed by atoms with van der Waals surface area (Å²) >= 11 is 0. The number of hydrogen-bond acceptors (Lipinski definition) is 11. The van der Waals surface area contributed by atoms with Gasteiger partial charge in [-0.15, -0.1) is 0 Å². The van der Waals surface area contributed by atoms with Gasteiger partial charge in [-0.2, -0.15) is 0 Å². The standard InChI is InChI=1S/C25H54N6O7/c1-23(36-20-21-38-25(33)31(15-7-11-29)13-5-3-9-27)22-35-17-16-34-18-19-37-24(32)30(14-6-10-28)12-4-2-8-26/h23H,2-22,26-29H2,1H3. The molecule has 0 aromatic heterocycles. The summed E-state index contributed by atoms with van der Waals surface area (Å²) in [5, 5.41) is 0. The molecule has 0 spiro atoms. The van der Waals surface area contributed by atoms with E-state index in [1.165, 1.54) is 0 Å². The van der Waals surface area contributed by atoms with Crippen molar-refractivity contribution in [2.45, 2.75) is 51.6 Å². The molecule has 2 amide bonds. The second-order valence-electron chi connectivity index (χ2n) is 8.85. The lowest BCUT2D eigenvalue weighted by Crippen LogP contribution is -2.35. The fraction of sp³-hybridized carbons (Fsp3) is 0.920. The molecule has 8 N–H and O–H groups in total. The number of amides is 2. The summed E-state index contributed by atoms with van der Waals surface area (Å²) in [5.74, 6) is 0. The summed E-state index contributed by atoms with van der Waals surface area (Å²) in [6.07, 6.45) is 3.95. The van der Waals surface area contributed by atoms with E-state index in [1.807, 2.05) is 6.92 Å². The maximum absolute atomic E-state index is 12.3. The summed E-state index contributed by atoms with van der Waals surface area (Å²) in [6, 6.07) is 0. The molecule has 0 bridgehead atoms. The zero-order valence-electron chi connectivity index (χ0n) is 23.5. The minimum absolute atomic E-state index is 0.161. The number of ether oxygens (including phenoxy) is 5.